The Morgan fingerprint density at radius 1 is 1.37 bits per heavy atom. The van der Waals surface area contributed by atoms with Gasteiger partial charge in [0.25, 0.3) is 0 Å². The maximum Gasteiger partial charge on any atom is 0.331 e. The molecular weight excluding hydrogens is 388 g/mol. The summed E-state index contributed by atoms with van der Waals surface area (Å²) in [4.78, 5) is 12.1. The van der Waals surface area contributed by atoms with Crippen molar-refractivity contribution in [3.8, 4) is 0 Å². The van der Waals surface area contributed by atoms with Crippen LogP contribution in [0.4, 0.5) is 0 Å². The molecule has 6 nitrogen and oxygen atoms in total. The second-order valence-corrected chi connectivity index (χ2v) is 9.20. The summed E-state index contributed by atoms with van der Waals surface area (Å²) in [6.45, 7) is 3.57. The fourth-order valence-corrected chi connectivity index (χ4v) is 5.16. The number of hydrogen-bond acceptors (Lipinski definition) is 5. The van der Waals surface area contributed by atoms with Gasteiger partial charge in [0.05, 0.1) is 23.2 Å². The number of ether oxygens (including phenoxy) is 1. The first kappa shape index (κ1) is 19.6. The summed E-state index contributed by atoms with van der Waals surface area (Å²) in [5, 5.41) is 4.69. The molecule has 1 aromatic heterocycles. The van der Waals surface area contributed by atoms with E-state index in [4.69, 9.17) is 16.3 Å². The quantitative estimate of drug-likeness (QED) is 0.558. The lowest BCUT2D eigenvalue weighted by Gasteiger charge is -2.11. The minimum Gasteiger partial charge on any atom is -0.455 e. The molecule has 2 heterocycles. The number of carbonyl (C=O) groups is 1. The molecule has 1 aromatic carbocycles. The molecule has 27 heavy (non-hydrogen) atoms. The van der Waals surface area contributed by atoms with Gasteiger partial charge in [0, 0.05) is 11.6 Å². The van der Waals surface area contributed by atoms with Crippen molar-refractivity contribution < 1.29 is 17.9 Å². The number of rotatable bonds is 5. The molecule has 0 N–H and O–H groups in total. The van der Waals surface area contributed by atoms with E-state index in [0.29, 0.717) is 22.8 Å². The summed E-state index contributed by atoms with van der Waals surface area (Å²) in [6.07, 6.45) is 2.99. The highest BCUT2D eigenvalue weighted by Crippen LogP contribution is 2.30. The van der Waals surface area contributed by atoms with Crippen LogP contribution < -0.4 is 0 Å². The maximum absolute atomic E-state index is 12.1. The van der Waals surface area contributed by atoms with Crippen LogP contribution >= 0.6 is 11.6 Å². The molecular formula is C19H21ClN2O4S. The largest absolute Gasteiger partial charge is 0.455 e. The van der Waals surface area contributed by atoms with E-state index in [-0.39, 0.29) is 23.7 Å². The minimum atomic E-state index is -3.04. The Hall–Kier alpha value is -2.12. The number of sulfone groups is 1. The van der Waals surface area contributed by atoms with Crippen molar-refractivity contribution in [1.29, 1.82) is 0 Å². The van der Waals surface area contributed by atoms with Gasteiger partial charge in [-0.3, -0.25) is 0 Å². The van der Waals surface area contributed by atoms with Gasteiger partial charge in [-0.25, -0.2) is 17.9 Å². The molecule has 3 rings (SSSR count). The molecule has 0 spiro atoms. The van der Waals surface area contributed by atoms with Crippen molar-refractivity contribution in [2.75, 3.05) is 11.5 Å². The van der Waals surface area contributed by atoms with Gasteiger partial charge in [0.2, 0.25) is 0 Å². The average Bonchev–Trinajstić information content (AvgIpc) is 3.12. The van der Waals surface area contributed by atoms with Crippen molar-refractivity contribution in [2.45, 2.75) is 32.4 Å². The average molecular weight is 409 g/mol. The van der Waals surface area contributed by atoms with Crippen LogP contribution in [0.25, 0.3) is 6.08 Å². The first-order valence-electron chi connectivity index (χ1n) is 8.65. The monoisotopic (exact) mass is 408 g/mol. The molecule has 0 radical (unpaired) electrons. The minimum absolute atomic E-state index is 0.0353. The number of hydrogen-bond donors (Lipinski definition) is 0. The predicted octanol–water partition coefficient (Wildman–Crippen LogP) is 3.52. The van der Waals surface area contributed by atoms with Gasteiger partial charge in [0.1, 0.15) is 11.3 Å². The van der Waals surface area contributed by atoms with Crippen LogP contribution in [-0.2, 0) is 19.4 Å². The SMILES string of the molecule is Cc1nn([C@@H]2CCS(=O)(=O)C2)c(Cl)c1/C=C/C(=O)O[C@H](C)c1ccccc1. The third-order valence-electron chi connectivity index (χ3n) is 4.57. The molecule has 1 fully saturated rings. The summed E-state index contributed by atoms with van der Waals surface area (Å²) < 4.78 is 30.3. The number of aromatic nitrogens is 2. The normalized spacial score (nSPS) is 20.0. The summed E-state index contributed by atoms with van der Waals surface area (Å²) >= 11 is 6.39. The van der Waals surface area contributed by atoms with Gasteiger partial charge >= 0.3 is 5.97 Å². The van der Waals surface area contributed by atoms with Crippen molar-refractivity contribution in [3.05, 3.63) is 58.4 Å². The molecule has 0 aliphatic carbocycles. The lowest BCUT2D eigenvalue weighted by molar-refractivity contribution is -0.142. The van der Waals surface area contributed by atoms with E-state index in [2.05, 4.69) is 5.10 Å². The van der Waals surface area contributed by atoms with E-state index in [1.54, 1.807) is 24.6 Å². The molecule has 0 amide bonds. The van der Waals surface area contributed by atoms with Crippen molar-refractivity contribution in [1.82, 2.24) is 9.78 Å². The molecule has 1 aliphatic heterocycles. The summed E-state index contributed by atoms with van der Waals surface area (Å²) in [6, 6.07) is 9.18. The first-order valence-corrected chi connectivity index (χ1v) is 10.9. The maximum atomic E-state index is 12.1. The summed E-state index contributed by atoms with van der Waals surface area (Å²) in [5.41, 5.74) is 2.12. The number of esters is 1. The number of halogens is 1. The van der Waals surface area contributed by atoms with E-state index >= 15 is 0 Å². The van der Waals surface area contributed by atoms with Crippen molar-refractivity contribution in [3.63, 3.8) is 0 Å². The van der Waals surface area contributed by atoms with Gasteiger partial charge < -0.3 is 4.74 Å². The lowest BCUT2D eigenvalue weighted by atomic mass is 10.1. The van der Waals surface area contributed by atoms with Crippen LogP contribution in [0.5, 0.6) is 0 Å². The zero-order chi connectivity index (χ0) is 19.6. The van der Waals surface area contributed by atoms with Crippen LogP contribution in [0.2, 0.25) is 5.15 Å². The zero-order valence-corrected chi connectivity index (χ0v) is 16.7. The third kappa shape index (κ3) is 4.59. The smallest absolute Gasteiger partial charge is 0.331 e. The fourth-order valence-electron chi connectivity index (χ4n) is 3.09. The van der Waals surface area contributed by atoms with Crippen molar-refractivity contribution >= 4 is 33.5 Å². The molecule has 2 atom stereocenters. The highest BCUT2D eigenvalue weighted by Gasteiger charge is 2.31. The number of nitrogens with zero attached hydrogens (tertiary/aromatic N) is 2. The van der Waals surface area contributed by atoms with E-state index in [1.165, 1.54) is 6.08 Å². The van der Waals surface area contributed by atoms with E-state index < -0.39 is 15.8 Å². The van der Waals surface area contributed by atoms with Gasteiger partial charge in [-0.1, -0.05) is 41.9 Å². The van der Waals surface area contributed by atoms with E-state index in [9.17, 15) is 13.2 Å². The molecule has 0 saturated carbocycles. The van der Waals surface area contributed by atoms with Gasteiger partial charge in [-0.15, -0.1) is 0 Å². The second-order valence-electron chi connectivity index (χ2n) is 6.61. The molecule has 8 heteroatoms. The topological polar surface area (TPSA) is 78.3 Å². The standard InChI is InChI=1S/C19H21ClN2O4S/c1-13-17(19(20)22(21-13)16-10-11-27(24,25)12-16)8-9-18(23)26-14(2)15-6-4-3-5-7-15/h3-9,14,16H,10-12H2,1-2H3/b9-8+/t14-,16-/m1/s1. The molecule has 0 bridgehead atoms. The molecule has 1 aliphatic rings. The van der Waals surface area contributed by atoms with Gasteiger partial charge in [-0.05, 0) is 31.9 Å². The van der Waals surface area contributed by atoms with Gasteiger partial charge in [-0.2, -0.15) is 5.10 Å². The molecule has 0 unspecified atom stereocenters. The van der Waals surface area contributed by atoms with Crippen LogP contribution in [-0.4, -0.2) is 35.7 Å². The summed E-state index contributed by atoms with van der Waals surface area (Å²) in [7, 11) is -3.04. The van der Waals surface area contributed by atoms with Crippen LogP contribution in [0.3, 0.4) is 0 Å². The molecule has 144 valence electrons. The van der Waals surface area contributed by atoms with Gasteiger partial charge in [0.15, 0.2) is 9.84 Å². The third-order valence-corrected chi connectivity index (χ3v) is 6.70. The number of aryl methyl sites for hydroxylation is 1. The highest BCUT2D eigenvalue weighted by molar-refractivity contribution is 7.91. The lowest BCUT2D eigenvalue weighted by Crippen LogP contribution is -2.12. The van der Waals surface area contributed by atoms with Crippen LogP contribution in [0.1, 0.15) is 42.3 Å². The van der Waals surface area contributed by atoms with E-state index in [0.717, 1.165) is 5.56 Å². The Balaban J connectivity index is 1.71. The number of carbonyl (C=O) groups excluding carboxylic acids is 1. The Kier molecular flexibility index (Phi) is 5.72. The predicted molar refractivity (Wildman–Crippen MR) is 104 cm³/mol. The van der Waals surface area contributed by atoms with Crippen LogP contribution in [0, 0.1) is 6.92 Å². The van der Waals surface area contributed by atoms with E-state index in [1.807, 2.05) is 30.3 Å². The Morgan fingerprint density at radius 2 is 2.07 bits per heavy atom. The molecule has 2 aromatic rings. The fraction of sp³-hybridized carbons (Fsp3) is 0.368. The summed E-state index contributed by atoms with van der Waals surface area (Å²) in [5.74, 6) is -0.312. The Morgan fingerprint density at radius 3 is 2.70 bits per heavy atom. The Labute approximate surface area is 163 Å². The first-order chi connectivity index (χ1) is 12.8. The second kappa shape index (κ2) is 7.86. The number of benzene rings is 1. The van der Waals surface area contributed by atoms with Crippen LogP contribution in [0.15, 0.2) is 36.4 Å². The Bertz CT molecular complexity index is 967. The van der Waals surface area contributed by atoms with Crippen molar-refractivity contribution in [2.24, 2.45) is 0 Å². The zero-order valence-electron chi connectivity index (χ0n) is 15.1. The molecule has 1 saturated heterocycles. The highest BCUT2D eigenvalue weighted by atomic mass is 35.5.